The van der Waals surface area contributed by atoms with Crippen LogP contribution >= 0.6 is 0 Å². The molecule has 2 rings (SSSR count). The first kappa shape index (κ1) is 25.1. The Bertz CT molecular complexity index is 546. The number of rotatable bonds is 16. The first-order valence-electron chi connectivity index (χ1n) is 13.2. The zero-order valence-corrected chi connectivity index (χ0v) is 20.2. The van der Waals surface area contributed by atoms with Gasteiger partial charge in [-0.1, -0.05) is 78.6 Å². The summed E-state index contributed by atoms with van der Waals surface area (Å²) < 4.78 is 12.3. The Morgan fingerprint density at radius 3 is 2.13 bits per heavy atom. The van der Waals surface area contributed by atoms with Crippen molar-refractivity contribution in [3.8, 4) is 11.5 Å². The Kier molecular flexibility index (Phi) is 13.0. The Morgan fingerprint density at radius 1 is 0.700 bits per heavy atom. The predicted molar refractivity (Wildman–Crippen MR) is 130 cm³/mol. The molecule has 1 saturated carbocycles. The third-order valence-electron chi connectivity index (χ3n) is 6.71. The molecule has 1 aliphatic carbocycles. The normalized spacial score (nSPS) is 19.0. The van der Waals surface area contributed by atoms with Crippen LogP contribution in [0.1, 0.15) is 129 Å². The fraction of sp³-hybridized carbons (Fsp3) is 0.786. The van der Waals surface area contributed by atoms with Crippen molar-refractivity contribution in [3.63, 3.8) is 0 Å². The van der Waals surface area contributed by atoms with E-state index < -0.39 is 0 Å². The number of unbranched alkanes of at least 4 members (excludes halogenated alkanes) is 7. The molecule has 0 saturated heterocycles. The lowest BCUT2D eigenvalue weighted by Gasteiger charge is -2.30. The molecule has 1 aliphatic rings. The quantitative estimate of drug-likeness (QED) is 0.250. The van der Waals surface area contributed by atoms with Crippen molar-refractivity contribution in [2.45, 2.75) is 123 Å². The minimum Gasteiger partial charge on any atom is -0.494 e. The zero-order chi connectivity index (χ0) is 21.4. The highest BCUT2D eigenvalue weighted by atomic mass is 16.5. The summed E-state index contributed by atoms with van der Waals surface area (Å²) in [6.45, 7) is 8.39. The molecular formula is C28H48O2. The molecule has 0 bridgehead atoms. The molecule has 1 aromatic carbocycles. The highest BCUT2D eigenvalue weighted by Gasteiger charge is 2.25. The van der Waals surface area contributed by atoms with E-state index in [1.165, 1.54) is 89.0 Å². The van der Waals surface area contributed by atoms with Crippen LogP contribution in [0.4, 0.5) is 0 Å². The van der Waals surface area contributed by atoms with Crippen molar-refractivity contribution in [3.05, 3.63) is 23.8 Å². The van der Waals surface area contributed by atoms with Crippen molar-refractivity contribution in [2.24, 2.45) is 5.92 Å². The summed E-state index contributed by atoms with van der Waals surface area (Å²) in [5, 5.41) is 0. The maximum absolute atomic E-state index is 6.13. The molecule has 0 aromatic heterocycles. The Balaban J connectivity index is 1.87. The van der Waals surface area contributed by atoms with E-state index in [1.807, 2.05) is 0 Å². The van der Waals surface area contributed by atoms with Gasteiger partial charge in [0.15, 0.2) is 0 Å². The van der Waals surface area contributed by atoms with Crippen LogP contribution in [-0.2, 0) is 0 Å². The molecule has 0 N–H and O–H groups in total. The molecule has 0 radical (unpaired) electrons. The van der Waals surface area contributed by atoms with E-state index in [2.05, 4.69) is 39.0 Å². The van der Waals surface area contributed by atoms with Crippen LogP contribution in [0.15, 0.2) is 18.2 Å². The third-order valence-corrected chi connectivity index (χ3v) is 6.71. The van der Waals surface area contributed by atoms with Gasteiger partial charge in [-0.25, -0.2) is 0 Å². The van der Waals surface area contributed by atoms with Gasteiger partial charge in [0.25, 0.3) is 0 Å². The lowest BCUT2D eigenvalue weighted by atomic mass is 9.76. The van der Waals surface area contributed by atoms with Crippen LogP contribution in [0.3, 0.4) is 0 Å². The van der Waals surface area contributed by atoms with E-state index in [-0.39, 0.29) is 0 Å². The van der Waals surface area contributed by atoms with Crippen molar-refractivity contribution in [2.75, 3.05) is 13.2 Å². The summed E-state index contributed by atoms with van der Waals surface area (Å²) >= 11 is 0. The molecule has 1 aromatic rings. The van der Waals surface area contributed by atoms with Crippen LogP contribution in [-0.4, -0.2) is 13.2 Å². The van der Waals surface area contributed by atoms with Gasteiger partial charge in [0.1, 0.15) is 11.5 Å². The summed E-state index contributed by atoms with van der Waals surface area (Å²) in [5.74, 6) is 3.71. The summed E-state index contributed by atoms with van der Waals surface area (Å²) in [4.78, 5) is 0. The van der Waals surface area contributed by atoms with Gasteiger partial charge in [-0.3, -0.25) is 0 Å². The SMILES string of the molecule is CCCCCCCCOc1ccc(OCCC)c(C2CCC(CCCCC)CC2)c1. The number of benzene rings is 1. The first-order chi connectivity index (χ1) is 14.8. The summed E-state index contributed by atoms with van der Waals surface area (Å²) in [5.41, 5.74) is 1.40. The lowest BCUT2D eigenvalue weighted by Crippen LogP contribution is -2.14. The molecule has 2 heteroatoms. The fourth-order valence-electron chi connectivity index (χ4n) is 4.80. The largest absolute Gasteiger partial charge is 0.494 e. The second-order valence-electron chi connectivity index (χ2n) is 9.38. The topological polar surface area (TPSA) is 18.5 Å². The standard InChI is InChI=1S/C28H48O2/c1-4-7-9-10-11-13-22-29-26-19-20-28(30-21-6-3)27(23-26)25-17-15-24(16-18-25)14-12-8-5-2/h19-20,23-25H,4-18,21-22H2,1-3H3. The molecule has 0 atom stereocenters. The first-order valence-corrected chi connectivity index (χ1v) is 13.2. The molecule has 30 heavy (non-hydrogen) atoms. The van der Waals surface area contributed by atoms with E-state index in [9.17, 15) is 0 Å². The average Bonchev–Trinajstić information content (AvgIpc) is 2.78. The molecule has 172 valence electrons. The summed E-state index contributed by atoms with van der Waals surface area (Å²) in [6, 6.07) is 6.57. The van der Waals surface area contributed by atoms with Gasteiger partial charge in [0.05, 0.1) is 13.2 Å². The van der Waals surface area contributed by atoms with E-state index in [0.717, 1.165) is 43.5 Å². The molecular weight excluding hydrogens is 368 g/mol. The van der Waals surface area contributed by atoms with Crippen LogP contribution in [0.25, 0.3) is 0 Å². The van der Waals surface area contributed by atoms with Gasteiger partial charge in [-0.15, -0.1) is 0 Å². The van der Waals surface area contributed by atoms with Gasteiger partial charge in [-0.05, 0) is 68.6 Å². The highest BCUT2D eigenvalue weighted by Crippen LogP contribution is 2.42. The van der Waals surface area contributed by atoms with Gasteiger partial charge in [-0.2, -0.15) is 0 Å². The van der Waals surface area contributed by atoms with E-state index in [4.69, 9.17) is 9.47 Å². The Morgan fingerprint density at radius 2 is 1.40 bits per heavy atom. The molecule has 0 unspecified atom stereocenters. The maximum atomic E-state index is 6.13. The number of hydrogen-bond acceptors (Lipinski definition) is 2. The molecule has 0 heterocycles. The van der Waals surface area contributed by atoms with E-state index in [1.54, 1.807) is 0 Å². The van der Waals surface area contributed by atoms with Crippen LogP contribution in [0, 0.1) is 5.92 Å². The summed E-state index contributed by atoms with van der Waals surface area (Å²) in [7, 11) is 0. The molecule has 1 fully saturated rings. The molecule has 2 nitrogen and oxygen atoms in total. The van der Waals surface area contributed by atoms with Gasteiger partial charge in [0, 0.05) is 5.56 Å². The Labute approximate surface area is 187 Å². The number of hydrogen-bond donors (Lipinski definition) is 0. The monoisotopic (exact) mass is 416 g/mol. The highest BCUT2D eigenvalue weighted by molar-refractivity contribution is 5.42. The Hall–Kier alpha value is -1.18. The third kappa shape index (κ3) is 9.31. The minimum atomic E-state index is 0.636. The smallest absolute Gasteiger partial charge is 0.123 e. The van der Waals surface area contributed by atoms with Crippen molar-refractivity contribution in [1.29, 1.82) is 0 Å². The molecule has 0 spiro atoms. The molecule has 0 aliphatic heterocycles. The van der Waals surface area contributed by atoms with E-state index >= 15 is 0 Å². The minimum absolute atomic E-state index is 0.636. The van der Waals surface area contributed by atoms with E-state index in [0.29, 0.717) is 5.92 Å². The molecule has 0 amide bonds. The predicted octanol–water partition coefficient (Wildman–Crippen LogP) is 9.07. The van der Waals surface area contributed by atoms with Crippen molar-refractivity contribution < 1.29 is 9.47 Å². The van der Waals surface area contributed by atoms with Crippen LogP contribution < -0.4 is 9.47 Å². The second kappa shape index (κ2) is 15.6. The van der Waals surface area contributed by atoms with Crippen molar-refractivity contribution >= 4 is 0 Å². The number of ether oxygens (including phenoxy) is 2. The van der Waals surface area contributed by atoms with Crippen LogP contribution in [0.2, 0.25) is 0 Å². The van der Waals surface area contributed by atoms with Gasteiger partial charge in [0.2, 0.25) is 0 Å². The van der Waals surface area contributed by atoms with Crippen LogP contribution in [0.5, 0.6) is 11.5 Å². The zero-order valence-electron chi connectivity index (χ0n) is 20.2. The van der Waals surface area contributed by atoms with Crippen molar-refractivity contribution in [1.82, 2.24) is 0 Å². The fourth-order valence-corrected chi connectivity index (χ4v) is 4.80. The average molecular weight is 417 g/mol. The van der Waals surface area contributed by atoms with Gasteiger partial charge >= 0.3 is 0 Å². The lowest BCUT2D eigenvalue weighted by molar-refractivity contribution is 0.280. The maximum Gasteiger partial charge on any atom is 0.123 e. The van der Waals surface area contributed by atoms with Gasteiger partial charge < -0.3 is 9.47 Å². The summed E-state index contributed by atoms with van der Waals surface area (Å²) in [6.07, 6.45) is 19.8. The second-order valence-corrected chi connectivity index (χ2v) is 9.38.